The highest BCUT2D eigenvalue weighted by molar-refractivity contribution is 5.70. The van der Waals surface area contributed by atoms with Gasteiger partial charge in [-0.2, -0.15) is 0 Å². The van der Waals surface area contributed by atoms with Crippen LogP contribution in [0, 0.1) is 6.57 Å². The van der Waals surface area contributed by atoms with E-state index in [9.17, 15) is 9.90 Å². The molecule has 0 saturated heterocycles. The van der Waals surface area contributed by atoms with Crippen molar-refractivity contribution >= 4 is 11.8 Å². The lowest BCUT2D eigenvalue weighted by Gasteiger charge is -2.19. The second-order valence-corrected chi connectivity index (χ2v) is 6.54. The zero-order valence-corrected chi connectivity index (χ0v) is 14.5. The Bertz CT molecular complexity index is 787. The van der Waals surface area contributed by atoms with Crippen molar-refractivity contribution in [2.75, 3.05) is 6.54 Å². The maximum atomic E-state index is 11.6. The van der Waals surface area contributed by atoms with Crippen molar-refractivity contribution in [3.63, 3.8) is 0 Å². The third kappa shape index (κ3) is 5.50. The van der Waals surface area contributed by atoms with Crippen LogP contribution in [0.25, 0.3) is 16.1 Å². The Kier molecular flexibility index (Phi) is 5.60. The quantitative estimate of drug-likeness (QED) is 0.823. The van der Waals surface area contributed by atoms with Crippen LogP contribution in [0.1, 0.15) is 26.3 Å². The summed E-state index contributed by atoms with van der Waals surface area (Å²) in [5.74, 6) is 0.0281. The molecule has 0 aliphatic carbocycles. The van der Waals surface area contributed by atoms with E-state index in [1.165, 1.54) is 6.07 Å². The standard InChI is InChI=1S/C19H21N3O3/c1-19(2,3)25-18(24)21-10-9-13-5-8-16(22-12-13)15-7-6-14(20-4)11-17(15)23/h5-8,11-12,23H,9-10H2,1-3H3,(H,21,24). The number of rotatable bonds is 4. The number of nitrogens with one attached hydrogen (secondary N) is 1. The van der Waals surface area contributed by atoms with Gasteiger partial charge in [0.05, 0.1) is 12.3 Å². The largest absolute Gasteiger partial charge is 0.509 e. The summed E-state index contributed by atoms with van der Waals surface area (Å²) in [4.78, 5) is 19.2. The lowest BCUT2D eigenvalue weighted by Crippen LogP contribution is -2.33. The number of hydrogen-bond acceptors (Lipinski definition) is 4. The number of benzene rings is 1. The van der Waals surface area contributed by atoms with Crippen molar-refractivity contribution in [1.29, 1.82) is 0 Å². The van der Waals surface area contributed by atoms with Gasteiger partial charge in [-0.15, -0.1) is 0 Å². The van der Waals surface area contributed by atoms with Crippen LogP contribution >= 0.6 is 0 Å². The molecule has 0 unspecified atom stereocenters. The lowest BCUT2D eigenvalue weighted by molar-refractivity contribution is 0.0528. The van der Waals surface area contributed by atoms with Crippen LogP contribution in [0.2, 0.25) is 0 Å². The summed E-state index contributed by atoms with van der Waals surface area (Å²) in [7, 11) is 0. The summed E-state index contributed by atoms with van der Waals surface area (Å²) in [5.41, 5.74) is 2.02. The van der Waals surface area contributed by atoms with Crippen LogP contribution in [0.3, 0.4) is 0 Å². The first-order chi connectivity index (χ1) is 11.8. The highest BCUT2D eigenvalue weighted by Gasteiger charge is 2.15. The van der Waals surface area contributed by atoms with Crippen molar-refractivity contribution in [3.05, 3.63) is 53.5 Å². The number of carbonyl (C=O) groups excluding carboxylic acids is 1. The molecule has 0 saturated carbocycles. The van der Waals surface area contributed by atoms with E-state index < -0.39 is 11.7 Å². The number of nitrogens with zero attached hydrogens (tertiary/aromatic N) is 2. The Hall–Kier alpha value is -3.07. The van der Waals surface area contributed by atoms with Crippen LogP contribution in [-0.4, -0.2) is 28.3 Å². The minimum atomic E-state index is -0.516. The van der Waals surface area contributed by atoms with Gasteiger partial charge in [0.25, 0.3) is 0 Å². The number of alkyl carbamates (subject to hydrolysis) is 1. The molecule has 1 amide bonds. The third-order valence-corrected chi connectivity index (χ3v) is 3.29. The molecule has 6 nitrogen and oxygen atoms in total. The van der Waals surface area contributed by atoms with Gasteiger partial charge < -0.3 is 15.2 Å². The van der Waals surface area contributed by atoms with E-state index in [-0.39, 0.29) is 5.75 Å². The van der Waals surface area contributed by atoms with Crippen LogP contribution < -0.4 is 5.32 Å². The Morgan fingerprint density at radius 2 is 2.08 bits per heavy atom. The third-order valence-electron chi connectivity index (χ3n) is 3.29. The number of carbonyl (C=O) groups is 1. The van der Waals surface area contributed by atoms with E-state index in [0.717, 1.165) is 5.56 Å². The predicted octanol–water partition coefficient (Wildman–Crippen LogP) is 4.07. The molecule has 1 aromatic heterocycles. The summed E-state index contributed by atoms with van der Waals surface area (Å²) in [6.45, 7) is 12.8. The fraction of sp³-hybridized carbons (Fsp3) is 0.316. The predicted molar refractivity (Wildman–Crippen MR) is 95.5 cm³/mol. The molecule has 0 bridgehead atoms. The molecule has 2 rings (SSSR count). The van der Waals surface area contributed by atoms with E-state index >= 15 is 0 Å². The van der Waals surface area contributed by atoms with Gasteiger partial charge in [-0.3, -0.25) is 4.98 Å². The number of phenolic OH excluding ortho intramolecular Hbond substituents is 1. The maximum Gasteiger partial charge on any atom is 0.407 e. The van der Waals surface area contributed by atoms with Gasteiger partial charge in [0.2, 0.25) is 0 Å². The molecular weight excluding hydrogens is 318 g/mol. The molecule has 0 radical (unpaired) electrons. The zero-order chi connectivity index (χ0) is 18.4. The second kappa shape index (κ2) is 7.67. The minimum absolute atomic E-state index is 0.0281. The molecule has 0 aliphatic heterocycles. The molecule has 2 N–H and O–H groups in total. The normalized spacial score (nSPS) is 10.8. The van der Waals surface area contributed by atoms with Crippen LogP contribution in [-0.2, 0) is 11.2 Å². The average molecular weight is 339 g/mol. The molecule has 0 atom stereocenters. The highest BCUT2D eigenvalue weighted by atomic mass is 16.6. The molecule has 2 aromatic rings. The smallest absolute Gasteiger partial charge is 0.407 e. The van der Waals surface area contributed by atoms with Crippen molar-refractivity contribution in [2.45, 2.75) is 32.8 Å². The Labute approximate surface area is 147 Å². The topological polar surface area (TPSA) is 75.8 Å². The fourth-order valence-electron chi connectivity index (χ4n) is 2.16. The maximum absolute atomic E-state index is 11.6. The SMILES string of the molecule is [C-]#[N+]c1ccc(-c2ccc(CCNC(=O)OC(C)(C)C)cn2)c(O)c1. The zero-order valence-electron chi connectivity index (χ0n) is 14.5. The second-order valence-electron chi connectivity index (χ2n) is 6.54. The first-order valence-electron chi connectivity index (χ1n) is 7.91. The van der Waals surface area contributed by atoms with E-state index in [0.29, 0.717) is 29.9 Å². The number of ether oxygens (including phenoxy) is 1. The first-order valence-corrected chi connectivity index (χ1v) is 7.91. The molecule has 6 heteroatoms. The molecule has 130 valence electrons. The van der Waals surface area contributed by atoms with Crippen LogP contribution in [0.5, 0.6) is 5.75 Å². The van der Waals surface area contributed by atoms with Crippen molar-refractivity contribution in [2.24, 2.45) is 0 Å². The summed E-state index contributed by atoms with van der Waals surface area (Å²) < 4.78 is 5.17. The summed E-state index contributed by atoms with van der Waals surface area (Å²) in [6, 6.07) is 8.43. The first kappa shape index (κ1) is 18.3. The number of hydrogen-bond donors (Lipinski definition) is 2. The molecule has 1 heterocycles. The minimum Gasteiger partial charge on any atom is -0.509 e. The Morgan fingerprint density at radius 1 is 1.32 bits per heavy atom. The number of phenols is 1. The number of pyridine rings is 1. The Balaban J connectivity index is 1.94. The number of aromatic nitrogens is 1. The van der Waals surface area contributed by atoms with E-state index in [1.807, 2.05) is 26.8 Å². The molecule has 0 aliphatic rings. The van der Waals surface area contributed by atoms with Gasteiger partial charge in [-0.25, -0.2) is 9.64 Å². The Morgan fingerprint density at radius 3 is 2.64 bits per heavy atom. The van der Waals surface area contributed by atoms with Gasteiger partial charge in [0.1, 0.15) is 11.4 Å². The lowest BCUT2D eigenvalue weighted by atomic mass is 10.1. The van der Waals surface area contributed by atoms with Gasteiger partial charge in [-0.1, -0.05) is 18.2 Å². The molecular formula is C19H21N3O3. The van der Waals surface area contributed by atoms with Crippen LogP contribution in [0.15, 0.2) is 36.5 Å². The molecule has 1 aromatic carbocycles. The highest BCUT2D eigenvalue weighted by Crippen LogP contribution is 2.31. The number of amides is 1. The van der Waals surface area contributed by atoms with Crippen molar-refractivity contribution < 1.29 is 14.6 Å². The summed E-state index contributed by atoms with van der Waals surface area (Å²) in [5, 5.41) is 12.7. The molecule has 25 heavy (non-hydrogen) atoms. The van der Waals surface area contributed by atoms with E-state index in [4.69, 9.17) is 11.3 Å². The van der Waals surface area contributed by atoms with Gasteiger partial charge in [-0.05, 0) is 44.9 Å². The molecule has 0 fully saturated rings. The summed E-state index contributed by atoms with van der Waals surface area (Å²) >= 11 is 0. The number of aromatic hydroxyl groups is 1. The van der Waals surface area contributed by atoms with Gasteiger partial charge in [0, 0.05) is 18.3 Å². The summed E-state index contributed by atoms with van der Waals surface area (Å²) in [6.07, 6.45) is 1.88. The molecule has 0 spiro atoms. The van der Waals surface area contributed by atoms with Crippen molar-refractivity contribution in [3.8, 4) is 17.0 Å². The van der Waals surface area contributed by atoms with Gasteiger partial charge in [0.15, 0.2) is 5.69 Å². The monoisotopic (exact) mass is 339 g/mol. The van der Waals surface area contributed by atoms with Gasteiger partial charge >= 0.3 is 6.09 Å². The van der Waals surface area contributed by atoms with E-state index in [2.05, 4.69) is 15.1 Å². The van der Waals surface area contributed by atoms with Crippen molar-refractivity contribution in [1.82, 2.24) is 10.3 Å². The van der Waals surface area contributed by atoms with E-state index in [1.54, 1.807) is 24.4 Å². The van der Waals surface area contributed by atoms with Crippen LogP contribution in [0.4, 0.5) is 10.5 Å². The average Bonchev–Trinajstić information content (AvgIpc) is 2.54. The fourth-order valence-corrected chi connectivity index (χ4v) is 2.16.